The van der Waals surface area contributed by atoms with E-state index in [0.29, 0.717) is 30.3 Å². The molecule has 0 aliphatic carbocycles. The fraction of sp³-hybridized carbons (Fsp3) is 0.625. The summed E-state index contributed by atoms with van der Waals surface area (Å²) in [7, 11) is -3.34. The first-order chi connectivity index (χ1) is 10.1. The number of hydrogen-bond donors (Lipinski definition) is 1. The van der Waals surface area contributed by atoms with E-state index in [4.69, 9.17) is 5.11 Å². The number of nitrogens with zero attached hydrogens (tertiary/aromatic N) is 1. The van der Waals surface area contributed by atoms with Gasteiger partial charge in [0.2, 0.25) is 10.0 Å². The fourth-order valence-corrected chi connectivity index (χ4v) is 4.45. The molecule has 0 amide bonds. The predicted octanol–water partition coefficient (Wildman–Crippen LogP) is 2.42. The van der Waals surface area contributed by atoms with E-state index in [1.165, 1.54) is 0 Å². The van der Waals surface area contributed by atoms with E-state index in [1.54, 1.807) is 16.4 Å². The fourth-order valence-electron chi connectivity index (χ4n) is 2.92. The van der Waals surface area contributed by atoms with Crippen molar-refractivity contribution in [1.82, 2.24) is 4.31 Å². The Morgan fingerprint density at radius 3 is 2.62 bits per heavy atom. The summed E-state index contributed by atoms with van der Waals surface area (Å²) < 4.78 is 26.8. The van der Waals surface area contributed by atoms with Gasteiger partial charge in [-0.15, -0.1) is 0 Å². The number of benzene rings is 1. The average molecular weight is 311 g/mol. The summed E-state index contributed by atoms with van der Waals surface area (Å²) in [6.07, 6.45) is 4.67. The van der Waals surface area contributed by atoms with Crippen molar-refractivity contribution in [2.24, 2.45) is 5.92 Å². The summed E-state index contributed by atoms with van der Waals surface area (Å²) in [5.74, 6) is 0.508. The third-order valence-electron chi connectivity index (χ3n) is 4.13. The molecule has 0 bridgehead atoms. The first kappa shape index (κ1) is 16.5. The van der Waals surface area contributed by atoms with E-state index < -0.39 is 10.0 Å². The summed E-state index contributed by atoms with van der Waals surface area (Å²) in [4.78, 5) is 0.382. The van der Waals surface area contributed by atoms with Crippen molar-refractivity contribution in [2.75, 3.05) is 19.7 Å². The maximum atomic E-state index is 12.6. The topological polar surface area (TPSA) is 57.6 Å². The molecule has 0 spiro atoms. The van der Waals surface area contributed by atoms with Gasteiger partial charge in [0.25, 0.3) is 0 Å². The minimum Gasteiger partial charge on any atom is -0.396 e. The molecule has 5 heteroatoms. The average Bonchev–Trinajstić information content (AvgIpc) is 2.95. The highest BCUT2D eigenvalue weighted by molar-refractivity contribution is 7.89. The van der Waals surface area contributed by atoms with Crippen LogP contribution in [0.15, 0.2) is 29.2 Å². The van der Waals surface area contributed by atoms with Crippen molar-refractivity contribution in [3.05, 3.63) is 29.8 Å². The summed E-state index contributed by atoms with van der Waals surface area (Å²) in [5.41, 5.74) is 1.06. The van der Waals surface area contributed by atoms with E-state index in [9.17, 15) is 8.42 Å². The number of rotatable bonds is 7. The van der Waals surface area contributed by atoms with E-state index in [1.807, 2.05) is 12.1 Å². The van der Waals surface area contributed by atoms with Gasteiger partial charge in [0, 0.05) is 19.7 Å². The van der Waals surface area contributed by atoms with Gasteiger partial charge in [-0.25, -0.2) is 8.42 Å². The molecule has 1 atom stereocenters. The Hall–Kier alpha value is -0.910. The second kappa shape index (κ2) is 7.38. The van der Waals surface area contributed by atoms with E-state index in [2.05, 4.69) is 6.92 Å². The number of sulfonamides is 1. The maximum Gasteiger partial charge on any atom is 0.243 e. The molecule has 118 valence electrons. The molecule has 1 N–H and O–H groups in total. The normalized spacial score (nSPS) is 20.0. The lowest BCUT2D eigenvalue weighted by Crippen LogP contribution is -2.28. The van der Waals surface area contributed by atoms with Gasteiger partial charge in [0.15, 0.2) is 0 Å². The van der Waals surface area contributed by atoms with Crippen LogP contribution in [0, 0.1) is 5.92 Å². The van der Waals surface area contributed by atoms with Crippen molar-refractivity contribution in [1.29, 1.82) is 0 Å². The Labute approximate surface area is 127 Å². The molecule has 0 saturated carbocycles. The molecule has 1 aromatic rings. The van der Waals surface area contributed by atoms with Crippen molar-refractivity contribution >= 4 is 10.0 Å². The molecular weight excluding hydrogens is 286 g/mol. The van der Waals surface area contributed by atoms with E-state index in [-0.39, 0.29) is 6.61 Å². The second-order valence-corrected chi connectivity index (χ2v) is 7.72. The third kappa shape index (κ3) is 4.05. The van der Waals surface area contributed by atoms with Crippen LogP contribution in [0.2, 0.25) is 0 Å². The lowest BCUT2D eigenvalue weighted by Gasteiger charge is -2.17. The Morgan fingerprint density at radius 1 is 1.29 bits per heavy atom. The highest BCUT2D eigenvalue weighted by Gasteiger charge is 2.31. The monoisotopic (exact) mass is 311 g/mol. The highest BCUT2D eigenvalue weighted by atomic mass is 32.2. The number of aryl methyl sites for hydroxylation is 1. The van der Waals surface area contributed by atoms with Crippen LogP contribution in [0.3, 0.4) is 0 Å². The van der Waals surface area contributed by atoms with E-state index in [0.717, 1.165) is 31.2 Å². The lowest BCUT2D eigenvalue weighted by atomic mass is 10.0. The molecule has 1 fully saturated rings. The second-order valence-electron chi connectivity index (χ2n) is 5.78. The van der Waals surface area contributed by atoms with Gasteiger partial charge in [-0.2, -0.15) is 4.31 Å². The van der Waals surface area contributed by atoms with Gasteiger partial charge in [-0.3, -0.25) is 0 Å². The highest BCUT2D eigenvalue weighted by Crippen LogP contribution is 2.27. The maximum absolute atomic E-state index is 12.6. The van der Waals surface area contributed by atoms with Gasteiger partial charge < -0.3 is 5.11 Å². The summed E-state index contributed by atoms with van der Waals surface area (Å²) in [6, 6.07) is 7.08. The number of hydrogen-bond acceptors (Lipinski definition) is 3. The van der Waals surface area contributed by atoms with Crippen molar-refractivity contribution < 1.29 is 13.5 Å². The van der Waals surface area contributed by atoms with Crippen LogP contribution < -0.4 is 0 Å². The zero-order chi connectivity index (χ0) is 15.3. The minimum absolute atomic E-state index is 0.159. The van der Waals surface area contributed by atoms with Gasteiger partial charge in [0.1, 0.15) is 0 Å². The van der Waals surface area contributed by atoms with Crippen LogP contribution in [0.5, 0.6) is 0 Å². The van der Waals surface area contributed by atoms with Crippen molar-refractivity contribution in [3.8, 4) is 0 Å². The summed E-state index contributed by atoms with van der Waals surface area (Å²) in [5, 5.41) is 8.82. The van der Waals surface area contributed by atoms with Gasteiger partial charge >= 0.3 is 0 Å². The van der Waals surface area contributed by atoms with Crippen LogP contribution in [0.4, 0.5) is 0 Å². The van der Waals surface area contributed by atoms with Gasteiger partial charge in [-0.1, -0.05) is 25.5 Å². The van der Waals surface area contributed by atoms with Crippen LogP contribution in [-0.2, 0) is 16.4 Å². The predicted molar refractivity (Wildman–Crippen MR) is 83.6 cm³/mol. The van der Waals surface area contributed by atoms with Crippen LogP contribution in [0.1, 0.15) is 38.2 Å². The third-order valence-corrected chi connectivity index (χ3v) is 6.01. The molecule has 21 heavy (non-hydrogen) atoms. The smallest absolute Gasteiger partial charge is 0.243 e. The van der Waals surface area contributed by atoms with Gasteiger partial charge in [0.05, 0.1) is 4.90 Å². The molecule has 2 rings (SSSR count). The van der Waals surface area contributed by atoms with E-state index >= 15 is 0 Å². The number of aliphatic hydroxyl groups is 1. The number of aliphatic hydroxyl groups excluding tert-OH is 1. The zero-order valence-electron chi connectivity index (χ0n) is 12.7. The molecule has 1 aliphatic heterocycles. The molecular formula is C16H25NO3S. The molecule has 1 saturated heterocycles. The quantitative estimate of drug-likeness (QED) is 0.841. The first-order valence-corrected chi connectivity index (χ1v) is 9.22. The molecule has 1 heterocycles. The molecule has 0 radical (unpaired) electrons. The molecule has 4 nitrogen and oxygen atoms in total. The Bertz CT molecular complexity index is 539. The lowest BCUT2D eigenvalue weighted by molar-refractivity contribution is 0.288. The van der Waals surface area contributed by atoms with Crippen LogP contribution in [0.25, 0.3) is 0 Å². The first-order valence-electron chi connectivity index (χ1n) is 7.78. The van der Waals surface area contributed by atoms with Crippen LogP contribution >= 0.6 is 0 Å². The molecule has 0 aromatic heterocycles. The van der Waals surface area contributed by atoms with Crippen molar-refractivity contribution in [2.45, 2.75) is 43.9 Å². The van der Waals surface area contributed by atoms with Gasteiger partial charge in [-0.05, 0) is 49.3 Å². The Morgan fingerprint density at radius 2 is 2.00 bits per heavy atom. The Kier molecular flexibility index (Phi) is 5.79. The molecule has 1 aromatic carbocycles. The zero-order valence-corrected chi connectivity index (χ0v) is 13.5. The van der Waals surface area contributed by atoms with Crippen LogP contribution in [-0.4, -0.2) is 37.5 Å². The SMILES string of the molecule is CCCC1CCN(S(=O)(=O)c2ccc(CCCO)cc2)C1. The summed E-state index contributed by atoms with van der Waals surface area (Å²) >= 11 is 0. The Balaban J connectivity index is 2.06. The standard InChI is InChI=1S/C16H25NO3S/c1-2-4-15-10-11-17(13-15)21(19,20)16-8-6-14(7-9-16)5-3-12-18/h6-9,15,18H,2-5,10-13H2,1H3. The van der Waals surface area contributed by atoms with Crippen molar-refractivity contribution in [3.63, 3.8) is 0 Å². The molecule has 1 unspecified atom stereocenters. The minimum atomic E-state index is -3.34. The molecule has 1 aliphatic rings. The largest absolute Gasteiger partial charge is 0.396 e. The summed E-state index contributed by atoms with van der Waals surface area (Å²) in [6.45, 7) is 3.59.